The molecule has 0 amide bonds. The van der Waals surface area contributed by atoms with E-state index >= 15 is 0 Å². The largest absolute Gasteiger partial charge is 0.368 e. The second kappa shape index (κ2) is 5.30. The van der Waals surface area contributed by atoms with Crippen molar-refractivity contribution in [2.24, 2.45) is 0 Å². The second-order valence-electron chi connectivity index (χ2n) is 5.41. The molecule has 0 radical (unpaired) electrons. The van der Waals surface area contributed by atoms with Gasteiger partial charge < -0.3 is 10.6 Å². The maximum Gasteiger partial charge on any atom is 0.130 e. The number of anilines is 1. The van der Waals surface area contributed by atoms with Gasteiger partial charge in [-0.25, -0.2) is 4.98 Å². The molecule has 16 heavy (non-hydrogen) atoms. The molecule has 0 saturated heterocycles. The van der Waals surface area contributed by atoms with E-state index in [4.69, 9.17) is 0 Å². The SMILES string of the molecule is CC(C)Nc1ncccc1CNC(C)(C)C. The van der Waals surface area contributed by atoms with Crippen LogP contribution in [0.15, 0.2) is 18.3 Å². The summed E-state index contributed by atoms with van der Waals surface area (Å²) in [7, 11) is 0. The normalized spacial score (nSPS) is 11.9. The average molecular weight is 221 g/mol. The molecule has 1 aromatic heterocycles. The van der Waals surface area contributed by atoms with Gasteiger partial charge in [0.15, 0.2) is 0 Å². The van der Waals surface area contributed by atoms with Crippen LogP contribution in [0.4, 0.5) is 5.82 Å². The van der Waals surface area contributed by atoms with Crippen molar-refractivity contribution in [1.29, 1.82) is 0 Å². The Morgan fingerprint density at radius 3 is 2.56 bits per heavy atom. The van der Waals surface area contributed by atoms with Gasteiger partial charge in [0.1, 0.15) is 5.82 Å². The molecule has 2 N–H and O–H groups in total. The van der Waals surface area contributed by atoms with Gasteiger partial charge in [0, 0.05) is 29.9 Å². The highest BCUT2D eigenvalue weighted by atomic mass is 15.0. The summed E-state index contributed by atoms with van der Waals surface area (Å²) in [5.74, 6) is 0.981. The molecule has 0 aliphatic rings. The van der Waals surface area contributed by atoms with E-state index in [1.807, 2.05) is 12.3 Å². The molecule has 1 heterocycles. The minimum absolute atomic E-state index is 0.130. The first-order chi connectivity index (χ1) is 7.38. The fraction of sp³-hybridized carbons (Fsp3) is 0.615. The molecule has 1 rings (SSSR count). The van der Waals surface area contributed by atoms with Crippen LogP contribution < -0.4 is 10.6 Å². The second-order valence-corrected chi connectivity index (χ2v) is 5.41. The summed E-state index contributed by atoms with van der Waals surface area (Å²) in [6.07, 6.45) is 1.82. The molecule has 0 aliphatic heterocycles. The summed E-state index contributed by atoms with van der Waals surface area (Å²) in [4.78, 5) is 4.37. The quantitative estimate of drug-likeness (QED) is 0.821. The van der Waals surface area contributed by atoms with Gasteiger partial charge in [0.05, 0.1) is 0 Å². The average Bonchev–Trinajstić information content (AvgIpc) is 2.14. The van der Waals surface area contributed by atoms with Crippen LogP contribution in [0.1, 0.15) is 40.2 Å². The highest BCUT2D eigenvalue weighted by Crippen LogP contribution is 2.13. The smallest absolute Gasteiger partial charge is 0.130 e. The van der Waals surface area contributed by atoms with Crippen molar-refractivity contribution in [1.82, 2.24) is 10.3 Å². The highest BCUT2D eigenvalue weighted by molar-refractivity contribution is 5.44. The lowest BCUT2D eigenvalue weighted by atomic mass is 10.1. The van der Waals surface area contributed by atoms with Crippen LogP contribution in [0.3, 0.4) is 0 Å². The van der Waals surface area contributed by atoms with Crippen LogP contribution in [0.25, 0.3) is 0 Å². The molecule has 0 aliphatic carbocycles. The monoisotopic (exact) mass is 221 g/mol. The third-order valence-electron chi connectivity index (χ3n) is 2.13. The van der Waals surface area contributed by atoms with Gasteiger partial charge >= 0.3 is 0 Å². The number of rotatable bonds is 4. The van der Waals surface area contributed by atoms with Gasteiger partial charge in [0.25, 0.3) is 0 Å². The minimum Gasteiger partial charge on any atom is -0.368 e. The number of nitrogens with one attached hydrogen (secondary N) is 2. The molecular formula is C13H23N3. The zero-order valence-electron chi connectivity index (χ0n) is 11.0. The molecule has 0 fully saturated rings. The number of hydrogen-bond donors (Lipinski definition) is 2. The molecule has 3 nitrogen and oxygen atoms in total. The fourth-order valence-corrected chi connectivity index (χ4v) is 1.35. The first kappa shape index (κ1) is 13.0. The number of hydrogen-bond acceptors (Lipinski definition) is 3. The lowest BCUT2D eigenvalue weighted by Gasteiger charge is -2.22. The zero-order chi connectivity index (χ0) is 12.2. The molecule has 0 saturated carbocycles. The van der Waals surface area contributed by atoms with Crippen molar-refractivity contribution in [2.45, 2.75) is 52.7 Å². The maximum atomic E-state index is 4.37. The number of pyridine rings is 1. The van der Waals surface area contributed by atoms with Gasteiger partial charge in [-0.3, -0.25) is 0 Å². The number of aromatic nitrogens is 1. The fourth-order valence-electron chi connectivity index (χ4n) is 1.35. The summed E-state index contributed by atoms with van der Waals surface area (Å²) >= 11 is 0. The van der Waals surface area contributed by atoms with Crippen LogP contribution in [0.5, 0.6) is 0 Å². The Morgan fingerprint density at radius 1 is 1.31 bits per heavy atom. The Balaban J connectivity index is 2.71. The Kier molecular flexibility index (Phi) is 4.30. The minimum atomic E-state index is 0.130. The standard InChI is InChI=1S/C13H23N3/c1-10(2)16-12-11(7-6-8-14-12)9-15-13(3,4)5/h6-8,10,15H,9H2,1-5H3,(H,14,16). The van der Waals surface area contributed by atoms with Crippen molar-refractivity contribution < 1.29 is 0 Å². The van der Waals surface area contributed by atoms with Crippen LogP contribution in [0.2, 0.25) is 0 Å². The highest BCUT2D eigenvalue weighted by Gasteiger charge is 2.10. The van der Waals surface area contributed by atoms with E-state index in [0.29, 0.717) is 6.04 Å². The van der Waals surface area contributed by atoms with E-state index in [1.165, 1.54) is 5.56 Å². The van der Waals surface area contributed by atoms with Gasteiger partial charge in [-0.2, -0.15) is 0 Å². The topological polar surface area (TPSA) is 37.0 Å². The Labute approximate surface area is 98.7 Å². The van der Waals surface area contributed by atoms with Crippen LogP contribution in [-0.2, 0) is 6.54 Å². The van der Waals surface area contributed by atoms with Crippen LogP contribution >= 0.6 is 0 Å². The first-order valence-corrected chi connectivity index (χ1v) is 5.84. The van der Waals surface area contributed by atoms with Gasteiger partial charge in [-0.1, -0.05) is 6.07 Å². The van der Waals surface area contributed by atoms with E-state index in [9.17, 15) is 0 Å². The van der Waals surface area contributed by atoms with Crippen molar-refractivity contribution in [3.63, 3.8) is 0 Å². The molecule has 0 aromatic carbocycles. The van der Waals surface area contributed by atoms with E-state index in [1.54, 1.807) is 0 Å². The van der Waals surface area contributed by atoms with Gasteiger partial charge in [-0.15, -0.1) is 0 Å². The van der Waals surface area contributed by atoms with Gasteiger partial charge in [-0.05, 0) is 40.7 Å². The summed E-state index contributed by atoms with van der Waals surface area (Å²) < 4.78 is 0. The Hall–Kier alpha value is -1.09. The molecule has 0 spiro atoms. The molecular weight excluding hydrogens is 198 g/mol. The van der Waals surface area contributed by atoms with Crippen molar-refractivity contribution in [2.75, 3.05) is 5.32 Å². The summed E-state index contributed by atoms with van der Waals surface area (Å²) in [5, 5.41) is 6.83. The third-order valence-corrected chi connectivity index (χ3v) is 2.13. The molecule has 0 atom stereocenters. The summed E-state index contributed by atoms with van der Waals surface area (Å²) in [5.41, 5.74) is 1.34. The van der Waals surface area contributed by atoms with Crippen molar-refractivity contribution >= 4 is 5.82 Å². The van der Waals surface area contributed by atoms with Crippen molar-refractivity contribution in [3.05, 3.63) is 23.9 Å². The van der Waals surface area contributed by atoms with E-state index in [0.717, 1.165) is 12.4 Å². The van der Waals surface area contributed by atoms with Gasteiger partial charge in [0.2, 0.25) is 0 Å². The van der Waals surface area contributed by atoms with Crippen molar-refractivity contribution in [3.8, 4) is 0 Å². The maximum absolute atomic E-state index is 4.37. The predicted octanol–water partition coefficient (Wildman–Crippen LogP) is 2.79. The lowest BCUT2D eigenvalue weighted by molar-refractivity contribution is 0.424. The predicted molar refractivity (Wildman–Crippen MR) is 69.6 cm³/mol. The number of nitrogens with zero attached hydrogens (tertiary/aromatic N) is 1. The Morgan fingerprint density at radius 2 is 2.00 bits per heavy atom. The molecule has 3 heteroatoms. The van der Waals surface area contributed by atoms with Crippen LogP contribution in [0, 0.1) is 0 Å². The van der Waals surface area contributed by atoms with E-state index in [2.05, 4.69) is 56.3 Å². The van der Waals surface area contributed by atoms with Crippen LogP contribution in [-0.4, -0.2) is 16.6 Å². The summed E-state index contributed by atoms with van der Waals surface area (Å²) in [6.45, 7) is 11.6. The molecule has 1 aromatic rings. The summed E-state index contributed by atoms with van der Waals surface area (Å²) in [6, 6.07) is 4.49. The molecule has 90 valence electrons. The lowest BCUT2D eigenvalue weighted by Crippen LogP contribution is -2.35. The Bertz CT molecular complexity index is 326. The zero-order valence-corrected chi connectivity index (χ0v) is 11.0. The van der Waals surface area contributed by atoms with E-state index < -0.39 is 0 Å². The molecule has 0 bridgehead atoms. The molecule has 0 unspecified atom stereocenters. The first-order valence-electron chi connectivity index (χ1n) is 5.84. The third kappa shape index (κ3) is 4.62. The van der Waals surface area contributed by atoms with E-state index in [-0.39, 0.29) is 5.54 Å².